The Kier molecular flexibility index (Phi) is 4.57. The maximum Gasteiger partial charge on any atom is 0.471 e. The van der Waals surface area contributed by atoms with Gasteiger partial charge in [-0.1, -0.05) is 0 Å². The van der Waals surface area contributed by atoms with Crippen molar-refractivity contribution in [2.24, 2.45) is 0 Å². The number of nitriles is 1. The van der Waals surface area contributed by atoms with Crippen molar-refractivity contribution in [2.75, 3.05) is 0 Å². The Hall–Kier alpha value is -1.78. The summed E-state index contributed by atoms with van der Waals surface area (Å²) in [4.78, 5) is 20.7. The van der Waals surface area contributed by atoms with Crippen molar-refractivity contribution in [1.82, 2.24) is 5.32 Å². The summed E-state index contributed by atoms with van der Waals surface area (Å²) in [6, 6.07) is -0.126. The first-order chi connectivity index (χ1) is 6.79. The molecule has 0 aliphatic heterocycles. The molecule has 0 heterocycles. The summed E-state index contributed by atoms with van der Waals surface area (Å²) in [7, 11) is 0. The van der Waals surface area contributed by atoms with Crippen LogP contribution in [0.25, 0.3) is 0 Å². The predicted octanol–water partition coefficient (Wildman–Crippen LogP) is 0.422. The fourth-order valence-electron chi connectivity index (χ4n) is 0.706. The lowest BCUT2D eigenvalue weighted by Crippen LogP contribution is -2.46. The van der Waals surface area contributed by atoms with Crippen LogP contribution in [0.2, 0.25) is 0 Å². The van der Waals surface area contributed by atoms with Gasteiger partial charge in [-0.3, -0.25) is 4.79 Å². The van der Waals surface area contributed by atoms with E-state index in [-0.39, 0.29) is 12.8 Å². The molecule has 8 heteroatoms. The minimum absolute atomic E-state index is 0.255. The summed E-state index contributed by atoms with van der Waals surface area (Å²) in [6.07, 6.45) is -5.75. The number of nitrogens with one attached hydrogen (secondary N) is 1. The van der Waals surface area contributed by atoms with E-state index in [0.717, 1.165) is 0 Å². The van der Waals surface area contributed by atoms with Crippen LogP contribution < -0.4 is 5.32 Å². The zero-order valence-corrected chi connectivity index (χ0v) is 7.34. The Morgan fingerprint density at radius 3 is 2.33 bits per heavy atom. The van der Waals surface area contributed by atoms with Crippen molar-refractivity contribution in [3.8, 4) is 6.07 Å². The van der Waals surface area contributed by atoms with Gasteiger partial charge in [0.25, 0.3) is 0 Å². The maximum atomic E-state index is 11.7. The monoisotopic (exact) mass is 224 g/mol. The molecule has 0 aromatic rings. The minimum Gasteiger partial charge on any atom is -0.480 e. The molecule has 0 aromatic carbocycles. The van der Waals surface area contributed by atoms with E-state index in [1.54, 1.807) is 6.07 Å². The zero-order valence-electron chi connectivity index (χ0n) is 7.34. The van der Waals surface area contributed by atoms with E-state index in [4.69, 9.17) is 10.4 Å². The van der Waals surface area contributed by atoms with E-state index in [1.165, 1.54) is 5.32 Å². The second-order valence-electron chi connectivity index (χ2n) is 2.56. The highest BCUT2D eigenvalue weighted by Crippen LogP contribution is 2.15. The molecule has 0 bridgehead atoms. The maximum absolute atomic E-state index is 11.7. The highest BCUT2D eigenvalue weighted by molar-refractivity contribution is 5.86. The SMILES string of the molecule is N#CCCC(NC(=O)C(F)(F)F)C(=O)O. The molecule has 5 nitrogen and oxygen atoms in total. The molecule has 0 saturated heterocycles. The molecule has 0 fully saturated rings. The molecule has 1 amide bonds. The fourth-order valence-corrected chi connectivity index (χ4v) is 0.706. The Labute approximate surface area is 82.5 Å². The van der Waals surface area contributed by atoms with Gasteiger partial charge in [0.15, 0.2) is 0 Å². The molecule has 1 unspecified atom stereocenters. The first-order valence-electron chi connectivity index (χ1n) is 3.76. The number of amides is 1. The number of alkyl halides is 3. The fraction of sp³-hybridized carbons (Fsp3) is 0.571. The van der Waals surface area contributed by atoms with Gasteiger partial charge in [-0.15, -0.1) is 0 Å². The normalized spacial score (nSPS) is 12.7. The number of carboxylic acid groups (broad SMARTS) is 1. The molecule has 0 rings (SSSR count). The Bertz CT molecular complexity index is 295. The van der Waals surface area contributed by atoms with Crippen LogP contribution in [0.15, 0.2) is 0 Å². The topological polar surface area (TPSA) is 90.2 Å². The quantitative estimate of drug-likeness (QED) is 0.724. The van der Waals surface area contributed by atoms with Gasteiger partial charge >= 0.3 is 18.1 Å². The molecule has 2 N–H and O–H groups in total. The molecule has 84 valence electrons. The van der Waals surface area contributed by atoms with Crippen molar-refractivity contribution in [3.63, 3.8) is 0 Å². The third kappa shape index (κ3) is 4.85. The molecular weight excluding hydrogens is 217 g/mol. The highest BCUT2D eigenvalue weighted by Gasteiger charge is 2.40. The minimum atomic E-state index is -5.12. The van der Waals surface area contributed by atoms with E-state index in [9.17, 15) is 22.8 Å². The summed E-state index contributed by atoms with van der Waals surface area (Å²) >= 11 is 0. The first-order valence-corrected chi connectivity index (χ1v) is 3.76. The summed E-state index contributed by atoms with van der Waals surface area (Å²) in [6.45, 7) is 0. The summed E-state index contributed by atoms with van der Waals surface area (Å²) < 4.78 is 35.2. The Morgan fingerprint density at radius 1 is 1.47 bits per heavy atom. The predicted molar refractivity (Wildman–Crippen MR) is 40.5 cm³/mol. The van der Waals surface area contributed by atoms with Crippen molar-refractivity contribution in [1.29, 1.82) is 5.26 Å². The number of nitrogens with zero attached hydrogens (tertiary/aromatic N) is 1. The second-order valence-corrected chi connectivity index (χ2v) is 2.56. The first kappa shape index (κ1) is 13.2. The van der Waals surface area contributed by atoms with Crippen LogP contribution in [0.5, 0.6) is 0 Å². The van der Waals surface area contributed by atoms with Gasteiger partial charge in [0.1, 0.15) is 6.04 Å². The van der Waals surface area contributed by atoms with E-state index >= 15 is 0 Å². The van der Waals surface area contributed by atoms with Crippen molar-refractivity contribution >= 4 is 11.9 Å². The highest BCUT2D eigenvalue weighted by atomic mass is 19.4. The van der Waals surface area contributed by atoms with Gasteiger partial charge < -0.3 is 10.4 Å². The number of rotatable bonds is 4. The number of aliphatic carboxylic acids is 1. The number of hydrogen-bond donors (Lipinski definition) is 2. The van der Waals surface area contributed by atoms with Crippen molar-refractivity contribution < 1.29 is 27.9 Å². The molecule has 0 aliphatic rings. The van der Waals surface area contributed by atoms with Crippen LogP contribution in [-0.4, -0.2) is 29.2 Å². The van der Waals surface area contributed by atoms with Gasteiger partial charge in [-0.05, 0) is 6.42 Å². The van der Waals surface area contributed by atoms with Gasteiger partial charge in [-0.2, -0.15) is 18.4 Å². The molecular formula is C7H7F3N2O3. The summed E-state index contributed by atoms with van der Waals surface area (Å²) in [5.74, 6) is -3.93. The molecule has 0 spiro atoms. The third-order valence-electron chi connectivity index (χ3n) is 1.41. The van der Waals surface area contributed by atoms with E-state index in [0.29, 0.717) is 0 Å². The van der Waals surface area contributed by atoms with Crippen molar-refractivity contribution in [2.45, 2.75) is 25.1 Å². The standard InChI is InChI=1S/C7H7F3N2O3/c8-7(9,10)6(15)12-4(5(13)14)2-1-3-11/h4H,1-2H2,(H,12,15)(H,13,14). The zero-order chi connectivity index (χ0) is 12.1. The lowest BCUT2D eigenvalue weighted by atomic mass is 10.1. The van der Waals surface area contributed by atoms with Crippen LogP contribution in [0, 0.1) is 11.3 Å². The van der Waals surface area contributed by atoms with Crippen molar-refractivity contribution in [3.05, 3.63) is 0 Å². The third-order valence-corrected chi connectivity index (χ3v) is 1.41. The lowest BCUT2D eigenvalue weighted by Gasteiger charge is -2.13. The molecule has 1 atom stereocenters. The average Bonchev–Trinajstić information content (AvgIpc) is 2.09. The average molecular weight is 224 g/mol. The molecule has 15 heavy (non-hydrogen) atoms. The van der Waals surface area contributed by atoms with E-state index in [1.807, 2.05) is 0 Å². The number of halogens is 3. The number of carbonyl (C=O) groups is 2. The molecule has 0 aliphatic carbocycles. The van der Waals surface area contributed by atoms with E-state index in [2.05, 4.69) is 0 Å². The largest absolute Gasteiger partial charge is 0.480 e. The van der Waals surface area contributed by atoms with Crippen LogP contribution in [0.3, 0.4) is 0 Å². The number of carboxylic acids is 1. The lowest BCUT2D eigenvalue weighted by molar-refractivity contribution is -0.175. The van der Waals surface area contributed by atoms with Crippen LogP contribution in [0.1, 0.15) is 12.8 Å². The molecule has 0 aromatic heterocycles. The molecule has 0 radical (unpaired) electrons. The number of carbonyl (C=O) groups excluding carboxylic acids is 1. The molecule has 0 saturated carbocycles. The van der Waals surface area contributed by atoms with Crippen LogP contribution in [-0.2, 0) is 9.59 Å². The van der Waals surface area contributed by atoms with Gasteiger partial charge in [0.2, 0.25) is 0 Å². The second kappa shape index (κ2) is 5.19. The van der Waals surface area contributed by atoms with Gasteiger partial charge in [0.05, 0.1) is 6.07 Å². The van der Waals surface area contributed by atoms with Crippen LogP contribution >= 0.6 is 0 Å². The van der Waals surface area contributed by atoms with Gasteiger partial charge in [-0.25, -0.2) is 4.79 Å². The smallest absolute Gasteiger partial charge is 0.471 e. The van der Waals surface area contributed by atoms with E-state index < -0.39 is 24.1 Å². The Balaban J connectivity index is 4.37. The summed E-state index contributed by atoms with van der Waals surface area (Å²) in [5, 5.41) is 17.8. The number of hydrogen-bond acceptors (Lipinski definition) is 3. The Morgan fingerprint density at radius 2 is 2.00 bits per heavy atom. The summed E-state index contributed by atoms with van der Waals surface area (Å²) in [5.41, 5.74) is 0. The van der Waals surface area contributed by atoms with Gasteiger partial charge in [0, 0.05) is 6.42 Å². The van der Waals surface area contributed by atoms with Crippen LogP contribution in [0.4, 0.5) is 13.2 Å².